The number of amides is 1. The van der Waals surface area contributed by atoms with Crippen molar-refractivity contribution >= 4 is 71.6 Å². The number of rotatable bonds is 6. The zero-order valence-corrected chi connectivity index (χ0v) is 18.0. The summed E-state index contributed by atoms with van der Waals surface area (Å²) in [6.07, 6.45) is 0.491. The molecule has 3 heterocycles. The molecule has 7 nitrogen and oxygen atoms in total. The number of anilines is 1. The van der Waals surface area contributed by atoms with Crippen molar-refractivity contribution in [2.45, 2.75) is 18.6 Å². The summed E-state index contributed by atoms with van der Waals surface area (Å²) in [5, 5.41) is 14.7. The van der Waals surface area contributed by atoms with Crippen LogP contribution in [0.2, 0.25) is 0 Å². The van der Waals surface area contributed by atoms with Gasteiger partial charge in [0, 0.05) is 9.85 Å². The van der Waals surface area contributed by atoms with E-state index in [4.69, 9.17) is 4.42 Å². The topological polar surface area (TPSA) is 93.8 Å². The quantitative estimate of drug-likeness (QED) is 0.404. The Balaban J connectivity index is 1.32. The van der Waals surface area contributed by atoms with Crippen LogP contribution in [0.5, 0.6) is 0 Å². The average molecular weight is 482 g/mol. The Labute approximate surface area is 174 Å². The van der Waals surface area contributed by atoms with Crippen LogP contribution in [0.3, 0.4) is 0 Å². The van der Waals surface area contributed by atoms with E-state index in [1.165, 1.54) is 23.1 Å². The molecule has 1 amide bonds. The van der Waals surface area contributed by atoms with Crippen molar-refractivity contribution < 1.29 is 9.21 Å². The van der Waals surface area contributed by atoms with E-state index in [1.807, 2.05) is 30.5 Å². The fourth-order valence-corrected chi connectivity index (χ4v) is 4.87. The second-order valence-corrected chi connectivity index (χ2v) is 9.40. The molecular weight excluding hydrogens is 470 g/mol. The number of fused-ring (bicyclic) bond motifs is 1. The third-order valence-corrected chi connectivity index (χ3v) is 6.44. The van der Waals surface area contributed by atoms with Gasteiger partial charge in [-0.15, -0.1) is 21.5 Å². The van der Waals surface area contributed by atoms with E-state index < -0.39 is 0 Å². The first kappa shape index (κ1) is 18.5. The van der Waals surface area contributed by atoms with Gasteiger partial charge in [-0.05, 0) is 25.1 Å². The van der Waals surface area contributed by atoms with Crippen molar-refractivity contribution in [2.75, 3.05) is 11.1 Å². The highest BCUT2D eigenvalue weighted by Gasteiger charge is 2.13. The van der Waals surface area contributed by atoms with E-state index in [1.54, 1.807) is 11.3 Å². The number of hydrogen-bond acceptors (Lipinski definition) is 9. The van der Waals surface area contributed by atoms with E-state index in [0.29, 0.717) is 22.7 Å². The van der Waals surface area contributed by atoms with E-state index in [9.17, 15) is 4.79 Å². The van der Waals surface area contributed by atoms with Crippen LogP contribution in [0.15, 0.2) is 37.7 Å². The smallest absolute Gasteiger partial charge is 0.277 e. The lowest BCUT2D eigenvalue weighted by atomic mass is 10.3. The van der Waals surface area contributed by atoms with Crippen molar-refractivity contribution in [3.8, 4) is 0 Å². The monoisotopic (exact) mass is 481 g/mol. The summed E-state index contributed by atoms with van der Waals surface area (Å²) < 4.78 is 7.55. The Morgan fingerprint density at radius 2 is 2.22 bits per heavy atom. The summed E-state index contributed by atoms with van der Waals surface area (Å²) in [6.45, 7) is 1.95. The molecule has 4 rings (SSSR count). The Bertz CT molecular complexity index is 1110. The van der Waals surface area contributed by atoms with Gasteiger partial charge in [0.2, 0.25) is 11.8 Å². The molecule has 0 saturated heterocycles. The number of aromatic nitrogens is 4. The van der Waals surface area contributed by atoms with Crippen molar-refractivity contribution in [3.63, 3.8) is 0 Å². The summed E-state index contributed by atoms with van der Waals surface area (Å²) in [5.74, 6) is 0.477. The van der Waals surface area contributed by atoms with Crippen molar-refractivity contribution in [1.29, 1.82) is 0 Å². The first-order valence-corrected chi connectivity index (χ1v) is 11.2. The van der Waals surface area contributed by atoms with Crippen LogP contribution in [-0.2, 0) is 11.2 Å². The number of benzene rings is 1. The molecule has 138 valence electrons. The normalized spacial score (nSPS) is 11.2. The number of nitrogens with zero attached hydrogens (tertiary/aromatic N) is 4. The predicted octanol–water partition coefficient (Wildman–Crippen LogP) is 4.53. The molecule has 0 radical (unpaired) electrons. The largest absolute Gasteiger partial charge is 0.416 e. The van der Waals surface area contributed by atoms with E-state index in [-0.39, 0.29) is 11.7 Å². The molecule has 0 bridgehead atoms. The molecule has 3 aromatic heterocycles. The standard InChI is InChI=1S/C16H12BrN5O2S3/c1-8-18-10(6-25-8)5-14-21-22-16(24-14)26-7-13(23)20-15-19-11-3-2-9(17)4-12(11)27-15/h2-4,6H,5,7H2,1H3,(H,19,20,23). The number of thiazole rings is 2. The zero-order chi connectivity index (χ0) is 18.8. The van der Waals surface area contributed by atoms with Gasteiger partial charge in [-0.3, -0.25) is 4.79 Å². The van der Waals surface area contributed by atoms with Crippen molar-refractivity contribution in [3.05, 3.63) is 44.6 Å². The number of carbonyl (C=O) groups excluding carboxylic acids is 1. The summed E-state index contributed by atoms with van der Waals surface area (Å²) in [7, 11) is 0. The Morgan fingerprint density at radius 3 is 3.04 bits per heavy atom. The van der Waals surface area contributed by atoms with Crippen LogP contribution in [0.4, 0.5) is 5.13 Å². The number of nitrogens with one attached hydrogen (secondary N) is 1. The van der Waals surface area contributed by atoms with E-state index in [0.717, 1.165) is 25.4 Å². The summed E-state index contributed by atoms with van der Waals surface area (Å²) in [6, 6.07) is 5.80. The van der Waals surface area contributed by atoms with Crippen LogP contribution >= 0.6 is 50.4 Å². The van der Waals surface area contributed by atoms with Crippen LogP contribution in [0.25, 0.3) is 10.2 Å². The number of thioether (sulfide) groups is 1. The minimum atomic E-state index is -0.173. The first-order valence-electron chi connectivity index (χ1n) is 7.77. The molecule has 11 heteroatoms. The number of carbonyl (C=O) groups is 1. The lowest BCUT2D eigenvalue weighted by Gasteiger charge is -1.98. The lowest BCUT2D eigenvalue weighted by Crippen LogP contribution is -2.13. The summed E-state index contributed by atoms with van der Waals surface area (Å²) >= 11 is 7.63. The molecule has 0 saturated carbocycles. The van der Waals surface area contributed by atoms with Gasteiger partial charge in [-0.25, -0.2) is 9.97 Å². The zero-order valence-electron chi connectivity index (χ0n) is 13.9. The van der Waals surface area contributed by atoms with Gasteiger partial charge < -0.3 is 9.73 Å². The molecule has 0 aliphatic carbocycles. The van der Waals surface area contributed by atoms with Crippen LogP contribution in [0, 0.1) is 6.92 Å². The van der Waals surface area contributed by atoms with Crippen LogP contribution in [-0.4, -0.2) is 31.8 Å². The lowest BCUT2D eigenvalue weighted by molar-refractivity contribution is -0.113. The highest BCUT2D eigenvalue weighted by atomic mass is 79.9. The van der Waals surface area contributed by atoms with Gasteiger partial charge in [-0.1, -0.05) is 39.0 Å². The molecule has 0 unspecified atom stereocenters. The van der Waals surface area contributed by atoms with E-state index in [2.05, 4.69) is 41.4 Å². The highest BCUT2D eigenvalue weighted by Crippen LogP contribution is 2.28. The highest BCUT2D eigenvalue weighted by molar-refractivity contribution is 9.10. The van der Waals surface area contributed by atoms with Gasteiger partial charge in [0.05, 0.1) is 33.1 Å². The van der Waals surface area contributed by atoms with Gasteiger partial charge in [0.25, 0.3) is 5.22 Å². The molecule has 0 spiro atoms. The Kier molecular flexibility index (Phi) is 5.53. The minimum Gasteiger partial charge on any atom is -0.416 e. The minimum absolute atomic E-state index is 0.164. The summed E-state index contributed by atoms with van der Waals surface area (Å²) in [4.78, 5) is 20.9. The van der Waals surface area contributed by atoms with Crippen molar-refractivity contribution in [2.24, 2.45) is 0 Å². The maximum absolute atomic E-state index is 12.2. The molecule has 0 aliphatic rings. The summed E-state index contributed by atoms with van der Waals surface area (Å²) in [5.41, 5.74) is 1.75. The SMILES string of the molecule is Cc1nc(Cc2nnc(SCC(=O)Nc3nc4ccc(Br)cc4s3)o2)cs1. The molecule has 4 aromatic rings. The molecule has 27 heavy (non-hydrogen) atoms. The molecule has 0 atom stereocenters. The molecule has 0 aliphatic heterocycles. The molecule has 0 fully saturated rings. The molecule has 1 N–H and O–H groups in total. The fourth-order valence-electron chi connectivity index (χ4n) is 2.25. The Morgan fingerprint density at radius 1 is 1.33 bits per heavy atom. The van der Waals surface area contributed by atoms with Crippen molar-refractivity contribution in [1.82, 2.24) is 20.2 Å². The Hall–Kier alpha value is -1.82. The second kappa shape index (κ2) is 8.05. The van der Waals surface area contributed by atoms with Gasteiger partial charge in [0.15, 0.2) is 5.13 Å². The first-order chi connectivity index (χ1) is 13.0. The maximum atomic E-state index is 12.2. The van der Waals surface area contributed by atoms with Gasteiger partial charge in [0.1, 0.15) is 0 Å². The number of halogens is 1. The third kappa shape index (κ3) is 4.72. The average Bonchev–Trinajstić information content (AvgIpc) is 3.33. The second-order valence-electron chi connectivity index (χ2n) is 5.46. The predicted molar refractivity (Wildman–Crippen MR) is 111 cm³/mol. The molecule has 1 aromatic carbocycles. The van der Waals surface area contributed by atoms with Gasteiger partial charge >= 0.3 is 0 Å². The van der Waals surface area contributed by atoms with E-state index >= 15 is 0 Å². The maximum Gasteiger partial charge on any atom is 0.277 e. The van der Waals surface area contributed by atoms with Crippen LogP contribution < -0.4 is 5.32 Å². The fraction of sp³-hybridized carbons (Fsp3) is 0.188. The number of aryl methyl sites for hydroxylation is 1. The van der Waals surface area contributed by atoms with Gasteiger partial charge in [-0.2, -0.15) is 0 Å². The molecular formula is C16H12BrN5O2S3. The number of hydrogen-bond donors (Lipinski definition) is 1. The third-order valence-electron chi connectivity index (χ3n) is 3.37. The van der Waals surface area contributed by atoms with Crippen LogP contribution in [0.1, 0.15) is 16.6 Å².